The van der Waals surface area contributed by atoms with E-state index in [0.717, 1.165) is 10.9 Å². The molecule has 1 aromatic carbocycles. The summed E-state index contributed by atoms with van der Waals surface area (Å²) in [5.41, 5.74) is 0.940. The first-order valence-electron chi connectivity index (χ1n) is 6.18. The van der Waals surface area contributed by atoms with Crippen molar-refractivity contribution in [2.24, 2.45) is 0 Å². The summed E-state index contributed by atoms with van der Waals surface area (Å²) >= 11 is 5.96. The minimum atomic E-state index is -0.770. The van der Waals surface area contributed by atoms with Gasteiger partial charge in [0.1, 0.15) is 0 Å². The van der Waals surface area contributed by atoms with Gasteiger partial charge in [0.15, 0.2) is 0 Å². The van der Waals surface area contributed by atoms with Crippen molar-refractivity contribution in [1.29, 1.82) is 0 Å². The van der Waals surface area contributed by atoms with E-state index in [1.165, 1.54) is 0 Å². The van der Waals surface area contributed by atoms with Crippen LogP contribution in [0.4, 0.5) is 0 Å². The van der Waals surface area contributed by atoms with Gasteiger partial charge in [-0.1, -0.05) is 17.7 Å². The number of rotatable bonds is 5. The lowest BCUT2D eigenvalue weighted by molar-refractivity contribution is -0.145. The zero-order chi connectivity index (χ0) is 13.8. The molecule has 0 spiro atoms. The maximum atomic E-state index is 11.3. The first-order chi connectivity index (χ1) is 9.10. The molecule has 2 aromatic rings. The summed E-state index contributed by atoms with van der Waals surface area (Å²) < 4.78 is 6.69. The number of aromatic nitrogens is 1. The van der Waals surface area contributed by atoms with Crippen molar-refractivity contribution in [2.75, 3.05) is 6.61 Å². The Hall–Kier alpha value is -1.52. The van der Waals surface area contributed by atoms with Crippen molar-refractivity contribution >= 4 is 28.5 Å². The molecule has 1 heterocycles. The second kappa shape index (κ2) is 6.08. The number of hydrogen-bond donors (Lipinski definition) is 1. The second-order valence-corrected chi connectivity index (χ2v) is 4.77. The topological polar surface area (TPSA) is 51.5 Å². The van der Waals surface area contributed by atoms with Crippen LogP contribution in [0, 0.1) is 0 Å². The third-order valence-electron chi connectivity index (χ3n) is 2.85. The van der Waals surface area contributed by atoms with Crippen LogP contribution in [-0.4, -0.2) is 28.4 Å². The van der Waals surface area contributed by atoms with Crippen LogP contribution in [0.25, 0.3) is 10.9 Å². The lowest BCUT2D eigenvalue weighted by atomic mass is 10.2. The molecule has 4 nitrogen and oxygen atoms in total. The van der Waals surface area contributed by atoms with E-state index < -0.39 is 6.10 Å². The molecule has 0 aliphatic rings. The number of aliphatic hydroxyl groups is 1. The Labute approximate surface area is 116 Å². The van der Waals surface area contributed by atoms with Crippen LogP contribution in [0.2, 0.25) is 5.02 Å². The fourth-order valence-corrected chi connectivity index (χ4v) is 2.19. The Bertz CT molecular complexity index is 579. The number of halogens is 1. The molecule has 0 radical (unpaired) electrons. The fraction of sp³-hybridized carbons (Fsp3) is 0.357. The summed E-state index contributed by atoms with van der Waals surface area (Å²) in [6.07, 6.45) is 1.09. The summed E-state index contributed by atoms with van der Waals surface area (Å²) in [7, 11) is 0. The molecule has 0 aliphatic carbocycles. The van der Waals surface area contributed by atoms with Crippen LogP contribution in [0.15, 0.2) is 30.5 Å². The maximum absolute atomic E-state index is 11.3. The Morgan fingerprint density at radius 3 is 3.00 bits per heavy atom. The van der Waals surface area contributed by atoms with E-state index in [2.05, 4.69) is 0 Å². The molecule has 0 amide bonds. The number of esters is 1. The van der Waals surface area contributed by atoms with E-state index in [0.29, 0.717) is 18.2 Å². The summed E-state index contributed by atoms with van der Waals surface area (Å²) in [5.74, 6) is -0.385. The zero-order valence-corrected chi connectivity index (χ0v) is 11.4. The summed E-state index contributed by atoms with van der Waals surface area (Å²) in [5, 5.41) is 11.6. The average Bonchev–Trinajstić information content (AvgIpc) is 2.72. The Morgan fingerprint density at radius 1 is 1.47 bits per heavy atom. The van der Waals surface area contributed by atoms with Crippen molar-refractivity contribution in [3.05, 3.63) is 35.5 Å². The first kappa shape index (κ1) is 13.9. The number of benzene rings is 1. The SMILES string of the molecule is CCOC(=O)CC(O)Cn1ccc2ccc(Cl)cc21. The van der Waals surface area contributed by atoms with Crippen LogP contribution in [0.1, 0.15) is 13.3 Å². The van der Waals surface area contributed by atoms with Crippen LogP contribution < -0.4 is 0 Å². The van der Waals surface area contributed by atoms with E-state index in [4.69, 9.17) is 16.3 Å². The number of carbonyl (C=O) groups is 1. The van der Waals surface area contributed by atoms with E-state index >= 15 is 0 Å². The molecule has 0 fully saturated rings. The summed E-state index contributed by atoms with van der Waals surface area (Å²) in [6.45, 7) is 2.40. The predicted molar refractivity (Wildman–Crippen MR) is 74.2 cm³/mol. The molecule has 1 unspecified atom stereocenters. The molecule has 5 heteroatoms. The van der Waals surface area contributed by atoms with Gasteiger partial charge in [-0.2, -0.15) is 0 Å². The van der Waals surface area contributed by atoms with Gasteiger partial charge in [0.05, 0.1) is 19.1 Å². The molecule has 1 atom stereocenters. The van der Waals surface area contributed by atoms with E-state index in [1.807, 2.05) is 35.0 Å². The highest BCUT2D eigenvalue weighted by molar-refractivity contribution is 6.31. The fourth-order valence-electron chi connectivity index (χ4n) is 2.02. The predicted octanol–water partition coefficient (Wildman–Crippen LogP) is 2.61. The Morgan fingerprint density at radius 2 is 2.26 bits per heavy atom. The van der Waals surface area contributed by atoms with Crippen molar-refractivity contribution in [3.63, 3.8) is 0 Å². The third kappa shape index (κ3) is 3.49. The molecular formula is C14H16ClNO3. The highest BCUT2D eigenvalue weighted by Crippen LogP contribution is 2.21. The average molecular weight is 282 g/mol. The van der Waals surface area contributed by atoms with Crippen molar-refractivity contribution in [3.8, 4) is 0 Å². The van der Waals surface area contributed by atoms with Gasteiger partial charge in [0.2, 0.25) is 0 Å². The van der Waals surface area contributed by atoms with E-state index in [9.17, 15) is 9.90 Å². The smallest absolute Gasteiger partial charge is 0.308 e. The number of ether oxygens (including phenoxy) is 1. The van der Waals surface area contributed by atoms with Gasteiger partial charge in [-0.25, -0.2) is 0 Å². The van der Waals surface area contributed by atoms with Crippen LogP contribution in [-0.2, 0) is 16.1 Å². The lowest BCUT2D eigenvalue weighted by Gasteiger charge is -2.12. The highest BCUT2D eigenvalue weighted by Gasteiger charge is 2.13. The molecule has 1 N–H and O–H groups in total. The second-order valence-electron chi connectivity index (χ2n) is 4.33. The number of fused-ring (bicyclic) bond motifs is 1. The monoisotopic (exact) mass is 281 g/mol. The van der Waals surface area contributed by atoms with Crippen molar-refractivity contribution < 1.29 is 14.6 Å². The standard InChI is InChI=1S/C14H16ClNO3/c1-2-19-14(18)8-12(17)9-16-6-5-10-3-4-11(15)7-13(10)16/h3-7,12,17H,2,8-9H2,1H3. The van der Waals surface area contributed by atoms with Crippen molar-refractivity contribution in [1.82, 2.24) is 4.57 Å². The van der Waals surface area contributed by atoms with Gasteiger partial charge < -0.3 is 14.4 Å². The first-order valence-corrected chi connectivity index (χ1v) is 6.56. The Kier molecular flexibility index (Phi) is 4.45. The quantitative estimate of drug-likeness (QED) is 0.857. The lowest BCUT2D eigenvalue weighted by Crippen LogP contribution is -2.20. The van der Waals surface area contributed by atoms with Gasteiger partial charge in [0, 0.05) is 23.3 Å². The minimum absolute atomic E-state index is 0.00587. The van der Waals surface area contributed by atoms with Crippen LogP contribution >= 0.6 is 11.6 Å². The van der Waals surface area contributed by atoms with Crippen LogP contribution in [0.3, 0.4) is 0 Å². The van der Waals surface area contributed by atoms with Crippen LogP contribution in [0.5, 0.6) is 0 Å². The number of nitrogens with zero attached hydrogens (tertiary/aromatic N) is 1. The number of aliphatic hydroxyl groups excluding tert-OH is 1. The maximum Gasteiger partial charge on any atom is 0.308 e. The molecule has 102 valence electrons. The molecule has 2 rings (SSSR count). The molecule has 0 saturated heterocycles. The molecule has 0 aliphatic heterocycles. The molecular weight excluding hydrogens is 266 g/mol. The molecule has 1 aromatic heterocycles. The third-order valence-corrected chi connectivity index (χ3v) is 3.09. The Balaban J connectivity index is 2.08. The van der Waals surface area contributed by atoms with Gasteiger partial charge in [-0.15, -0.1) is 0 Å². The molecule has 0 bridgehead atoms. The zero-order valence-electron chi connectivity index (χ0n) is 10.7. The number of carbonyl (C=O) groups excluding carboxylic acids is 1. The van der Waals surface area contributed by atoms with E-state index in [1.54, 1.807) is 6.92 Å². The molecule has 0 saturated carbocycles. The van der Waals surface area contributed by atoms with E-state index in [-0.39, 0.29) is 12.4 Å². The minimum Gasteiger partial charge on any atom is -0.466 e. The summed E-state index contributed by atoms with van der Waals surface area (Å²) in [4.78, 5) is 11.3. The van der Waals surface area contributed by atoms with Gasteiger partial charge >= 0.3 is 5.97 Å². The van der Waals surface area contributed by atoms with Crippen molar-refractivity contribution in [2.45, 2.75) is 26.0 Å². The normalized spacial score (nSPS) is 12.6. The van der Waals surface area contributed by atoms with Gasteiger partial charge in [0.25, 0.3) is 0 Å². The largest absolute Gasteiger partial charge is 0.466 e. The highest BCUT2D eigenvalue weighted by atomic mass is 35.5. The van der Waals surface area contributed by atoms with Gasteiger partial charge in [-0.3, -0.25) is 4.79 Å². The molecule has 19 heavy (non-hydrogen) atoms. The summed E-state index contributed by atoms with van der Waals surface area (Å²) in [6, 6.07) is 7.53. The number of hydrogen-bond acceptors (Lipinski definition) is 3. The van der Waals surface area contributed by atoms with Gasteiger partial charge in [-0.05, 0) is 30.5 Å².